The van der Waals surface area contributed by atoms with Gasteiger partial charge in [0.1, 0.15) is 0 Å². The Balaban J connectivity index is 1.97. The minimum Gasteiger partial charge on any atom is -0.353 e. The number of carbonyl (C=O) groups excluding carboxylic acids is 1. The first kappa shape index (κ1) is 16.2. The van der Waals surface area contributed by atoms with E-state index in [0.717, 1.165) is 29.7 Å². The highest BCUT2D eigenvalue weighted by Gasteiger charge is 2.15. The van der Waals surface area contributed by atoms with Crippen LogP contribution in [-0.4, -0.2) is 34.9 Å². The summed E-state index contributed by atoms with van der Waals surface area (Å²) in [5.41, 5.74) is 5.61. The van der Waals surface area contributed by atoms with Crippen LogP contribution in [0.1, 0.15) is 24.0 Å². The number of fused-ring (bicyclic) bond motifs is 1. The number of pyridine rings is 1. The molecule has 1 N–H and O–H groups in total. The van der Waals surface area contributed by atoms with E-state index in [9.17, 15) is 4.79 Å². The van der Waals surface area contributed by atoms with Gasteiger partial charge in [-0.2, -0.15) is 0 Å². The van der Waals surface area contributed by atoms with Crippen molar-refractivity contribution < 1.29 is 4.79 Å². The number of benzene rings is 1. The second-order valence-electron chi connectivity index (χ2n) is 6.38. The molecule has 4 nitrogen and oxygen atoms in total. The largest absolute Gasteiger partial charge is 0.353 e. The SMILES string of the molecule is Cc1ccc2[nH]c(-c3ccccn3)c(CCCC(=O)N(C)C)c2c1. The number of nitrogens with zero attached hydrogens (tertiary/aromatic N) is 2. The summed E-state index contributed by atoms with van der Waals surface area (Å²) in [6.07, 6.45) is 4.06. The predicted octanol–water partition coefficient (Wildman–Crippen LogP) is 3.95. The molecule has 2 heterocycles. The molecule has 0 aliphatic rings. The Kier molecular flexibility index (Phi) is 4.65. The summed E-state index contributed by atoms with van der Waals surface area (Å²) in [6, 6.07) is 12.4. The molecule has 0 aliphatic heterocycles. The van der Waals surface area contributed by atoms with Gasteiger partial charge in [0.25, 0.3) is 0 Å². The van der Waals surface area contributed by atoms with Gasteiger partial charge in [-0.1, -0.05) is 17.7 Å². The zero-order chi connectivity index (χ0) is 17.1. The van der Waals surface area contributed by atoms with Crippen LogP contribution in [0.15, 0.2) is 42.6 Å². The second kappa shape index (κ2) is 6.87. The molecule has 4 heteroatoms. The minimum absolute atomic E-state index is 0.172. The average molecular weight is 321 g/mol. The number of aryl methyl sites for hydroxylation is 2. The number of aromatic amines is 1. The molecule has 124 valence electrons. The first-order valence-electron chi connectivity index (χ1n) is 8.29. The summed E-state index contributed by atoms with van der Waals surface area (Å²) in [5, 5.41) is 1.23. The first-order chi connectivity index (χ1) is 11.6. The third kappa shape index (κ3) is 3.32. The van der Waals surface area contributed by atoms with Crippen molar-refractivity contribution in [2.75, 3.05) is 14.1 Å². The average Bonchev–Trinajstić information content (AvgIpc) is 2.93. The summed E-state index contributed by atoms with van der Waals surface area (Å²) in [6.45, 7) is 2.10. The van der Waals surface area contributed by atoms with E-state index >= 15 is 0 Å². The van der Waals surface area contributed by atoms with Gasteiger partial charge >= 0.3 is 0 Å². The maximum Gasteiger partial charge on any atom is 0.222 e. The third-order valence-electron chi connectivity index (χ3n) is 4.30. The molecule has 0 saturated carbocycles. The zero-order valence-electron chi connectivity index (χ0n) is 14.5. The Hall–Kier alpha value is -2.62. The van der Waals surface area contributed by atoms with E-state index in [4.69, 9.17) is 0 Å². The molecule has 0 saturated heterocycles. The van der Waals surface area contributed by atoms with Crippen LogP contribution >= 0.6 is 0 Å². The van der Waals surface area contributed by atoms with Gasteiger partial charge in [0, 0.05) is 37.6 Å². The van der Waals surface area contributed by atoms with Crippen LogP contribution in [0.2, 0.25) is 0 Å². The Bertz CT molecular complexity index is 850. The van der Waals surface area contributed by atoms with E-state index in [1.807, 2.05) is 24.4 Å². The van der Waals surface area contributed by atoms with E-state index in [2.05, 4.69) is 35.1 Å². The van der Waals surface area contributed by atoms with Crippen molar-refractivity contribution in [2.45, 2.75) is 26.2 Å². The van der Waals surface area contributed by atoms with Crippen LogP contribution < -0.4 is 0 Å². The molecule has 3 rings (SSSR count). The van der Waals surface area contributed by atoms with Gasteiger partial charge in [-0.05, 0) is 49.6 Å². The lowest BCUT2D eigenvalue weighted by molar-refractivity contribution is -0.128. The Morgan fingerprint density at radius 2 is 2.04 bits per heavy atom. The second-order valence-corrected chi connectivity index (χ2v) is 6.38. The monoisotopic (exact) mass is 321 g/mol. The normalized spacial score (nSPS) is 11.0. The predicted molar refractivity (Wildman–Crippen MR) is 97.9 cm³/mol. The zero-order valence-corrected chi connectivity index (χ0v) is 14.5. The van der Waals surface area contributed by atoms with Crippen LogP contribution in [0.5, 0.6) is 0 Å². The summed E-state index contributed by atoms with van der Waals surface area (Å²) in [4.78, 5) is 21.5. The van der Waals surface area contributed by atoms with Gasteiger partial charge in [-0.3, -0.25) is 9.78 Å². The number of amides is 1. The molecule has 0 spiro atoms. The molecule has 0 unspecified atom stereocenters. The van der Waals surface area contributed by atoms with Crippen LogP contribution in [0, 0.1) is 6.92 Å². The summed E-state index contributed by atoms with van der Waals surface area (Å²) in [7, 11) is 3.60. The Morgan fingerprint density at radius 3 is 2.75 bits per heavy atom. The van der Waals surface area contributed by atoms with Gasteiger partial charge in [-0.25, -0.2) is 0 Å². The van der Waals surface area contributed by atoms with E-state index in [1.54, 1.807) is 19.0 Å². The van der Waals surface area contributed by atoms with E-state index in [1.165, 1.54) is 16.5 Å². The van der Waals surface area contributed by atoms with Gasteiger partial charge in [-0.15, -0.1) is 0 Å². The number of aromatic nitrogens is 2. The van der Waals surface area contributed by atoms with Crippen molar-refractivity contribution in [3.8, 4) is 11.4 Å². The number of rotatable bonds is 5. The van der Waals surface area contributed by atoms with Gasteiger partial charge in [0.05, 0.1) is 11.4 Å². The van der Waals surface area contributed by atoms with Gasteiger partial charge in [0.2, 0.25) is 5.91 Å². The highest BCUT2D eigenvalue weighted by molar-refractivity contribution is 5.90. The Morgan fingerprint density at radius 1 is 1.21 bits per heavy atom. The number of hydrogen-bond acceptors (Lipinski definition) is 2. The van der Waals surface area contributed by atoms with E-state index in [-0.39, 0.29) is 5.91 Å². The fourth-order valence-corrected chi connectivity index (χ4v) is 2.99. The number of H-pyrrole nitrogens is 1. The molecule has 24 heavy (non-hydrogen) atoms. The van der Waals surface area contributed by atoms with Crippen molar-refractivity contribution in [3.63, 3.8) is 0 Å². The molecule has 0 atom stereocenters. The van der Waals surface area contributed by atoms with Crippen LogP contribution in [0.25, 0.3) is 22.3 Å². The van der Waals surface area contributed by atoms with Crippen LogP contribution in [-0.2, 0) is 11.2 Å². The van der Waals surface area contributed by atoms with Crippen LogP contribution in [0.3, 0.4) is 0 Å². The maximum atomic E-state index is 11.8. The summed E-state index contributed by atoms with van der Waals surface area (Å²) >= 11 is 0. The van der Waals surface area contributed by atoms with Gasteiger partial charge in [0.15, 0.2) is 0 Å². The van der Waals surface area contributed by atoms with Crippen LogP contribution in [0.4, 0.5) is 0 Å². The lowest BCUT2D eigenvalue weighted by Crippen LogP contribution is -2.21. The molecule has 1 aromatic carbocycles. The Labute approximate surface area is 142 Å². The van der Waals surface area contributed by atoms with Gasteiger partial charge < -0.3 is 9.88 Å². The topological polar surface area (TPSA) is 49.0 Å². The van der Waals surface area contributed by atoms with Crippen molar-refractivity contribution in [2.24, 2.45) is 0 Å². The lowest BCUT2D eigenvalue weighted by atomic mass is 10.0. The van der Waals surface area contributed by atoms with Crippen molar-refractivity contribution >= 4 is 16.8 Å². The highest BCUT2D eigenvalue weighted by atomic mass is 16.2. The molecule has 0 radical (unpaired) electrons. The molecule has 2 aromatic heterocycles. The molecule has 0 bridgehead atoms. The lowest BCUT2D eigenvalue weighted by Gasteiger charge is -2.10. The molecule has 0 fully saturated rings. The third-order valence-corrected chi connectivity index (χ3v) is 4.30. The first-order valence-corrected chi connectivity index (χ1v) is 8.29. The number of nitrogens with one attached hydrogen (secondary N) is 1. The summed E-state index contributed by atoms with van der Waals surface area (Å²) < 4.78 is 0. The number of carbonyl (C=O) groups is 1. The molecular formula is C20H23N3O. The molecule has 3 aromatic rings. The highest BCUT2D eigenvalue weighted by Crippen LogP contribution is 2.31. The fraction of sp³-hybridized carbons (Fsp3) is 0.300. The van der Waals surface area contributed by atoms with E-state index in [0.29, 0.717) is 6.42 Å². The van der Waals surface area contributed by atoms with Crippen molar-refractivity contribution in [3.05, 3.63) is 53.7 Å². The van der Waals surface area contributed by atoms with Crippen molar-refractivity contribution in [1.29, 1.82) is 0 Å². The van der Waals surface area contributed by atoms with Crippen molar-refractivity contribution in [1.82, 2.24) is 14.9 Å². The summed E-state index contributed by atoms with van der Waals surface area (Å²) in [5.74, 6) is 0.172. The maximum absolute atomic E-state index is 11.8. The molecule has 0 aliphatic carbocycles. The fourth-order valence-electron chi connectivity index (χ4n) is 2.99. The minimum atomic E-state index is 0.172. The molecular weight excluding hydrogens is 298 g/mol. The smallest absolute Gasteiger partial charge is 0.222 e. The number of hydrogen-bond donors (Lipinski definition) is 1. The molecule has 1 amide bonds. The standard InChI is InChI=1S/C20H23N3O/c1-14-10-11-17-16(13-14)15(7-6-9-19(24)23(2)3)20(22-17)18-8-4-5-12-21-18/h4-5,8,10-13,22H,6-7,9H2,1-3H3. The quantitative estimate of drug-likeness (QED) is 0.773. The van der Waals surface area contributed by atoms with E-state index < -0.39 is 0 Å².